The molecule has 0 bridgehead atoms. The Labute approximate surface area is 75.7 Å². The Kier molecular flexibility index (Phi) is 8.20. The standard InChI is InChI=1S/C10H19NO/c1-4-5-8-12-9-6-7-11-10(2)3/h1,10-11H,5-9H2,2-3H3. The molecule has 0 rings (SSSR count). The van der Waals surface area contributed by atoms with Crippen LogP contribution in [-0.2, 0) is 4.74 Å². The predicted molar refractivity (Wildman–Crippen MR) is 52.0 cm³/mol. The summed E-state index contributed by atoms with van der Waals surface area (Å²) in [5, 5.41) is 3.32. The van der Waals surface area contributed by atoms with E-state index in [1.54, 1.807) is 0 Å². The van der Waals surface area contributed by atoms with Gasteiger partial charge in [0.1, 0.15) is 0 Å². The van der Waals surface area contributed by atoms with Crippen molar-refractivity contribution in [3.05, 3.63) is 0 Å². The predicted octanol–water partition coefficient (Wildman–Crippen LogP) is 1.41. The van der Waals surface area contributed by atoms with Crippen LogP contribution < -0.4 is 5.32 Å². The number of nitrogens with one attached hydrogen (secondary N) is 1. The summed E-state index contributed by atoms with van der Waals surface area (Å²) in [6.45, 7) is 6.80. The Balaban J connectivity index is 2.87. The fraction of sp³-hybridized carbons (Fsp3) is 0.800. The van der Waals surface area contributed by atoms with Crippen molar-refractivity contribution in [2.75, 3.05) is 19.8 Å². The molecule has 0 radical (unpaired) electrons. The van der Waals surface area contributed by atoms with E-state index in [9.17, 15) is 0 Å². The van der Waals surface area contributed by atoms with Crippen LogP contribution in [0.25, 0.3) is 0 Å². The molecule has 0 aromatic carbocycles. The Morgan fingerprint density at radius 1 is 1.42 bits per heavy atom. The minimum Gasteiger partial charge on any atom is -0.380 e. The molecule has 0 saturated heterocycles. The third-order valence-corrected chi connectivity index (χ3v) is 1.41. The molecule has 0 aliphatic rings. The highest BCUT2D eigenvalue weighted by Gasteiger charge is 1.91. The summed E-state index contributed by atoms with van der Waals surface area (Å²) in [5.74, 6) is 2.54. The Morgan fingerprint density at radius 3 is 2.75 bits per heavy atom. The van der Waals surface area contributed by atoms with Crippen molar-refractivity contribution < 1.29 is 4.74 Å². The quantitative estimate of drug-likeness (QED) is 0.459. The van der Waals surface area contributed by atoms with E-state index in [1.165, 1.54) is 0 Å². The molecule has 0 amide bonds. The lowest BCUT2D eigenvalue weighted by Gasteiger charge is -2.07. The van der Waals surface area contributed by atoms with E-state index in [0.29, 0.717) is 12.6 Å². The number of rotatable bonds is 7. The molecule has 0 aliphatic heterocycles. The van der Waals surface area contributed by atoms with Crippen LogP contribution in [0.5, 0.6) is 0 Å². The molecule has 1 N–H and O–H groups in total. The Hall–Kier alpha value is -0.520. The molecule has 12 heavy (non-hydrogen) atoms. The van der Waals surface area contributed by atoms with E-state index in [0.717, 1.165) is 26.0 Å². The third-order valence-electron chi connectivity index (χ3n) is 1.41. The van der Waals surface area contributed by atoms with Crippen LogP contribution >= 0.6 is 0 Å². The molecule has 0 heterocycles. The summed E-state index contributed by atoms with van der Waals surface area (Å²) >= 11 is 0. The lowest BCUT2D eigenvalue weighted by Crippen LogP contribution is -2.24. The van der Waals surface area contributed by atoms with Gasteiger partial charge in [0.25, 0.3) is 0 Å². The molecule has 0 aromatic heterocycles. The van der Waals surface area contributed by atoms with E-state index in [2.05, 4.69) is 25.1 Å². The summed E-state index contributed by atoms with van der Waals surface area (Å²) in [5.41, 5.74) is 0. The topological polar surface area (TPSA) is 21.3 Å². The Morgan fingerprint density at radius 2 is 2.17 bits per heavy atom. The molecule has 0 fully saturated rings. The maximum Gasteiger partial charge on any atom is 0.0575 e. The number of hydrogen-bond acceptors (Lipinski definition) is 2. The number of ether oxygens (including phenoxy) is 1. The van der Waals surface area contributed by atoms with Crippen LogP contribution in [0.1, 0.15) is 26.7 Å². The van der Waals surface area contributed by atoms with E-state index in [1.807, 2.05) is 0 Å². The van der Waals surface area contributed by atoms with Gasteiger partial charge >= 0.3 is 0 Å². The van der Waals surface area contributed by atoms with Gasteiger partial charge in [-0.1, -0.05) is 13.8 Å². The van der Waals surface area contributed by atoms with Crippen LogP contribution in [0.3, 0.4) is 0 Å². The fourth-order valence-electron chi connectivity index (χ4n) is 0.798. The molecule has 0 unspecified atom stereocenters. The average Bonchev–Trinajstić information content (AvgIpc) is 2.02. The second-order valence-electron chi connectivity index (χ2n) is 3.03. The molecule has 0 aliphatic carbocycles. The zero-order valence-corrected chi connectivity index (χ0v) is 8.10. The molecule has 2 heteroatoms. The SMILES string of the molecule is C#CCCOCCCNC(C)C. The lowest BCUT2D eigenvalue weighted by molar-refractivity contribution is 0.137. The summed E-state index contributed by atoms with van der Waals surface area (Å²) in [4.78, 5) is 0. The molecular weight excluding hydrogens is 150 g/mol. The molecular formula is C10H19NO. The van der Waals surface area contributed by atoms with Gasteiger partial charge in [0, 0.05) is 19.1 Å². The van der Waals surface area contributed by atoms with Gasteiger partial charge in [-0.15, -0.1) is 12.3 Å². The molecule has 70 valence electrons. The van der Waals surface area contributed by atoms with Gasteiger partial charge in [-0.2, -0.15) is 0 Å². The van der Waals surface area contributed by atoms with Crippen molar-refractivity contribution in [2.24, 2.45) is 0 Å². The van der Waals surface area contributed by atoms with Gasteiger partial charge in [0.05, 0.1) is 6.61 Å². The van der Waals surface area contributed by atoms with Gasteiger partial charge < -0.3 is 10.1 Å². The largest absolute Gasteiger partial charge is 0.380 e. The fourth-order valence-corrected chi connectivity index (χ4v) is 0.798. The van der Waals surface area contributed by atoms with E-state index in [-0.39, 0.29) is 0 Å². The van der Waals surface area contributed by atoms with Crippen molar-refractivity contribution in [1.29, 1.82) is 0 Å². The minimum atomic E-state index is 0.565. The third kappa shape index (κ3) is 9.48. The molecule has 0 aromatic rings. The lowest BCUT2D eigenvalue weighted by atomic mass is 10.3. The maximum absolute atomic E-state index is 5.27. The van der Waals surface area contributed by atoms with Crippen LogP contribution in [0.4, 0.5) is 0 Å². The first-order valence-electron chi connectivity index (χ1n) is 4.52. The van der Waals surface area contributed by atoms with Crippen molar-refractivity contribution >= 4 is 0 Å². The van der Waals surface area contributed by atoms with Crippen molar-refractivity contribution in [1.82, 2.24) is 5.32 Å². The summed E-state index contributed by atoms with van der Waals surface area (Å²) in [7, 11) is 0. The van der Waals surface area contributed by atoms with Gasteiger partial charge in [0.15, 0.2) is 0 Å². The van der Waals surface area contributed by atoms with E-state index in [4.69, 9.17) is 11.2 Å². The van der Waals surface area contributed by atoms with E-state index >= 15 is 0 Å². The van der Waals surface area contributed by atoms with Crippen LogP contribution in [0, 0.1) is 12.3 Å². The van der Waals surface area contributed by atoms with Gasteiger partial charge in [-0.25, -0.2) is 0 Å². The summed E-state index contributed by atoms with van der Waals surface area (Å²) < 4.78 is 5.27. The maximum atomic E-state index is 5.27. The highest BCUT2D eigenvalue weighted by Crippen LogP contribution is 1.85. The van der Waals surface area contributed by atoms with Gasteiger partial charge in [0.2, 0.25) is 0 Å². The normalized spacial score (nSPS) is 10.2. The molecule has 0 atom stereocenters. The average molecular weight is 169 g/mol. The second-order valence-corrected chi connectivity index (χ2v) is 3.03. The summed E-state index contributed by atoms with van der Waals surface area (Å²) in [6.07, 6.45) is 6.84. The minimum absolute atomic E-state index is 0.565. The summed E-state index contributed by atoms with van der Waals surface area (Å²) in [6, 6.07) is 0.565. The zero-order chi connectivity index (χ0) is 9.23. The van der Waals surface area contributed by atoms with Crippen LogP contribution in [0.2, 0.25) is 0 Å². The van der Waals surface area contributed by atoms with Crippen molar-refractivity contribution in [3.8, 4) is 12.3 Å². The number of terminal acetylenes is 1. The first-order valence-corrected chi connectivity index (χ1v) is 4.52. The Bertz CT molecular complexity index is 126. The molecule has 0 saturated carbocycles. The van der Waals surface area contributed by atoms with Gasteiger partial charge in [-0.3, -0.25) is 0 Å². The smallest absolute Gasteiger partial charge is 0.0575 e. The second kappa shape index (κ2) is 8.58. The van der Waals surface area contributed by atoms with Crippen molar-refractivity contribution in [3.63, 3.8) is 0 Å². The van der Waals surface area contributed by atoms with Crippen LogP contribution in [0.15, 0.2) is 0 Å². The zero-order valence-electron chi connectivity index (χ0n) is 8.10. The van der Waals surface area contributed by atoms with E-state index < -0.39 is 0 Å². The highest BCUT2D eigenvalue weighted by atomic mass is 16.5. The van der Waals surface area contributed by atoms with Crippen LogP contribution in [-0.4, -0.2) is 25.8 Å². The molecule has 0 spiro atoms. The van der Waals surface area contributed by atoms with Gasteiger partial charge in [-0.05, 0) is 13.0 Å². The molecule has 2 nitrogen and oxygen atoms in total. The van der Waals surface area contributed by atoms with Crippen molar-refractivity contribution in [2.45, 2.75) is 32.7 Å². The highest BCUT2D eigenvalue weighted by molar-refractivity contribution is 4.82. The first-order chi connectivity index (χ1) is 5.77. The monoisotopic (exact) mass is 169 g/mol. The number of hydrogen-bond donors (Lipinski definition) is 1. The first kappa shape index (κ1) is 11.5.